The second-order valence-electron chi connectivity index (χ2n) is 6.74. The number of rotatable bonds is 3. The van der Waals surface area contributed by atoms with Crippen LogP contribution in [0.2, 0.25) is 0 Å². The third-order valence-corrected chi connectivity index (χ3v) is 5.22. The molecular weight excluding hydrogens is 288 g/mol. The van der Waals surface area contributed by atoms with Crippen LogP contribution >= 0.6 is 0 Å². The monoisotopic (exact) mass is 308 g/mol. The van der Waals surface area contributed by atoms with Gasteiger partial charge in [0.2, 0.25) is 5.79 Å². The van der Waals surface area contributed by atoms with Gasteiger partial charge >= 0.3 is 0 Å². The number of Topliss-reactive ketones (excluding diaryl/α,β-unsaturated/α-hetero) is 1. The predicted molar refractivity (Wildman–Crippen MR) is 76.1 cm³/mol. The van der Waals surface area contributed by atoms with Crippen molar-refractivity contribution < 1.29 is 30.0 Å². The number of aliphatic hydroxyl groups excluding tert-OH is 2. The molecule has 1 heterocycles. The average Bonchev–Trinajstić information content (AvgIpc) is 2.69. The molecule has 4 N–H and O–H groups in total. The van der Waals surface area contributed by atoms with Crippen LogP contribution in [0.25, 0.3) is 0 Å². The van der Waals surface area contributed by atoms with Crippen molar-refractivity contribution in [3.05, 3.63) is 35.4 Å². The van der Waals surface area contributed by atoms with Crippen LogP contribution in [-0.4, -0.2) is 55.9 Å². The number of carbonyl (C=O) groups is 1. The zero-order valence-electron chi connectivity index (χ0n) is 12.6. The maximum Gasteiger partial charge on any atom is 0.207 e. The quantitative estimate of drug-likeness (QED) is 0.574. The summed E-state index contributed by atoms with van der Waals surface area (Å²) in [5.74, 6) is -2.59. The molecule has 1 saturated heterocycles. The van der Waals surface area contributed by atoms with E-state index in [1.165, 1.54) is 0 Å². The van der Waals surface area contributed by atoms with Gasteiger partial charge in [-0.15, -0.1) is 0 Å². The number of carbonyl (C=O) groups excluding carboxylic acids is 1. The molecule has 2 aliphatic rings. The average molecular weight is 308 g/mol. The highest BCUT2D eigenvalue weighted by atomic mass is 16.7. The zero-order valence-corrected chi connectivity index (χ0v) is 12.6. The van der Waals surface area contributed by atoms with Gasteiger partial charge in [-0.2, -0.15) is 0 Å². The number of benzene rings is 1. The minimum atomic E-state index is -1.96. The number of aliphatic hydroxyl groups is 4. The largest absolute Gasteiger partial charge is 0.387 e. The molecule has 22 heavy (non-hydrogen) atoms. The highest BCUT2D eigenvalue weighted by Gasteiger charge is 2.92. The van der Waals surface area contributed by atoms with E-state index in [0.717, 1.165) is 5.56 Å². The van der Waals surface area contributed by atoms with Crippen molar-refractivity contribution in [1.29, 1.82) is 0 Å². The Labute approximate surface area is 128 Å². The van der Waals surface area contributed by atoms with E-state index in [-0.39, 0.29) is 5.56 Å². The van der Waals surface area contributed by atoms with E-state index >= 15 is 0 Å². The molecule has 2 fully saturated rings. The summed E-state index contributed by atoms with van der Waals surface area (Å²) in [4.78, 5) is 12.3. The van der Waals surface area contributed by atoms with E-state index < -0.39 is 40.9 Å². The van der Waals surface area contributed by atoms with Gasteiger partial charge in [0.25, 0.3) is 0 Å². The van der Waals surface area contributed by atoms with Crippen LogP contribution in [0.15, 0.2) is 24.3 Å². The van der Waals surface area contributed by atoms with E-state index in [1.54, 1.807) is 38.1 Å². The van der Waals surface area contributed by atoms with Crippen molar-refractivity contribution in [2.75, 3.05) is 0 Å². The third kappa shape index (κ3) is 1.59. The molecule has 0 spiro atoms. The Morgan fingerprint density at radius 3 is 2.23 bits per heavy atom. The maximum absolute atomic E-state index is 12.3. The van der Waals surface area contributed by atoms with Gasteiger partial charge in [0.15, 0.2) is 11.4 Å². The summed E-state index contributed by atoms with van der Waals surface area (Å²) < 4.78 is 5.27. The molecule has 0 aromatic heterocycles. The molecule has 1 aliphatic carbocycles. The zero-order chi connectivity index (χ0) is 16.5. The second-order valence-corrected chi connectivity index (χ2v) is 6.74. The number of hydrogen-bond donors (Lipinski definition) is 4. The van der Waals surface area contributed by atoms with Gasteiger partial charge in [0, 0.05) is 5.56 Å². The number of fused-ring (bicyclic) bond motifs is 1. The molecule has 6 heteroatoms. The standard InChI is InChI=1S/C16H20O6/c1-8-4-6-9(7-5-8)10(17)11(18)12-13(19)15(20)14(2,3)16(15,21)22-12/h4-7,11-13,18-21H,1-3H3/t11?,12-,13+,15+,16+/m1/s1. The van der Waals surface area contributed by atoms with Gasteiger partial charge in [-0.1, -0.05) is 43.7 Å². The molecule has 1 saturated carbocycles. The van der Waals surface area contributed by atoms with Gasteiger partial charge in [0.05, 0.1) is 5.41 Å². The van der Waals surface area contributed by atoms with Gasteiger partial charge < -0.3 is 25.2 Å². The number of ketones is 1. The minimum absolute atomic E-state index is 0.271. The molecule has 5 atom stereocenters. The summed E-state index contributed by atoms with van der Waals surface area (Å²) in [7, 11) is 0. The fourth-order valence-electron chi connectivity index (χ4n) is 3.40. The van der Waals surface area contributed by atoms with Crippen molar-refractivity contribution in [2.45, 2.75) is 50.5 Å². The summed E-state index contributed by atoms with van der Waals surface area (Å²) >= 11 is 0. The Morgan fingerprint density at radius 1 is 1.23 bits per heavy atom. The van der Waals surface area contributed by atoms with Crippen LogP contribution < -0.4 is 0 Å². The van der Waals surface area contributed by atoms with Crippen molar-refractivity contribution in [1.82, 2.24) is 0 Å². The first-order chi connectivity index (χ1) is 10.1. The van der Waals surface area contributed by atoms with Crippen molar-refractivity contribution in [2.24, 2.45) is 5.41 Å². The fraction of sp³-hybridized carbons (Fsp3) is 0.562. The molecule has 1 aromatic carbocycles. The highest BCUT2D eigenvalue weighted by molar-refractivity contribution is 5.99. The Hall–Kier alpha value is -1.31. The Morgan fingerprint density at radius 2 is 1.77 bits per heavy atom. The van der Waals surface area contributed by atoms with Crippen LogP contribution in [-0.2, 0) is 4.74 Å². The van der Waals surface area contributed by atoms with Gasteiger partial charge in [-0.05, 0) is 6.92 Å². The lowest BCUT2D eigenvalue weighted by atomic mass is 9.92. The van der Waals surface area contributed by atoms with Crippen LogP contribution in [0.1, 0.15) is 29.8 Å². The van der Waals surface area contributed by atoms with Crippen LogP contribution in [0.4, 0.5) is 0 Å². The number of hydrogen-bond acceptors (Lipinski definition) is 6. The normalized spacial score (nSPS) is 40.1. The molecule has 1 aromatic rings. The number of ether oxygens (including phenoxy) is 1. The molecule has 0 bridgehead atoms. The summed E-state index contributed by atoms with van der Waals surface area (Å²) in [6.45, 7) is 4.95. The fourth-order valence-corrected chi connectivity index (χ4v) is 3.40. The molecule has 3 rings (SSSR count). The van der Waals surface area contributed by atoms with Crippen LogP contribution in [0.3, 0.4) is 0 Å². The minimum Gasteiger partial charge on any atom is -0.387 e. The highest BCUT2D eigenvalue weighted by Crippen LogP contribution is 2.71. The van der Waals surface area contributed by atoms with E-state index in [2.05, 4.69) is 0 Å². The summed E-state index contributed by atoms with van der Waals surface area (Å²) in [6, 6.07) is 6.59. The summed E-state index contributed by atoms with van der Waals surface area (Å²) in [5, 5.41) is 41.1. The molecule has 0 amide bonds. The first-order valence-electron chi connectivity index (χ1n) is 7.17. The number of aryl methyl sites for hydroxylation is 1. The van der Waals surface area contributed by atoms with Gasteiger partial charge in [-0.3, -0.25) is 4.79 Å². The lowest BCUT2D eigenvalue weighted by Gasteiger charge is -2.27. The van der Waals surface area contributed by atoms with Crippen molar-refractivity contribution in [3.8, 4) is 0 Å². The maximum atomic E-state index is 12.3. The van der Waals surface area contributed by atoms with Crippen LogP contribution in [0.5, 0.6) is 0 Å². The van der Waals surface area contributed by atoms with E-state index in [9.17, 15) is 25.2 Å². The Balaban J connectivity index is 1.82. The molecule has 1 aliphatic heterocycles. The topological polar surface area (TPSA) is 107 Å². The summed E-state index contributed by atoms with van der Waals surface area (Å²) in [6.07, 6.45) is -4.61. The molecule has 6 nitrogen and oxygen atoms in total. The van der Waals surface area contributed by atoms with Crippen molar-refractivity contribution >= 4 is 5.78 Å². The van der Waals surface area contributed by atoms with Crippen molar-refractivity contribution in [3.63, 3.8) is 0 Å². The molecule has 120 valence electrons. The lowest BCUT2D eigenvalue weighted by molar-refractivity contribution is -0.188. The first kappa shape index (κ1) is 15.6. The SMILES string of the molecule is Cc1ccc(C(=O)C(O)[C@H]2O[C@@]3(O)C(C)(C)[C@@]3(O)[C@H]2O)cc1. The Kier molecular flexibility index (Phi) is 3.09. The first-order valence-corrected chi connectivity index (χ1v) is 7.17. The van der Waals surface area contributed by atoms with E-state index in [0.29, 0.717) is 0 Å². The molecule has 1 unspecified atom stereocenters. The third-order valence-electron chi connectivity index (χ3n) is 5.22. The van der Waals surface area contributed by atoms with Gasteiger partial charge in [0.1, 0.15) is 18.3 Å². The smallest absolute Gasteiger partial charge is 0.207 e. The summed E-state index contributed by atoms with van der Waals surface area (Å²) in [5.41, 5.74) is -1.72. The molecule has 0 radical (unpaired) electrons. The van der Waals surface area contributed by atoms with E-state index in [4.69, 9.17) is 4.74 Å². The van der Waals surface area contributed by atoms with E-state index in [1.807, 2.05) is 6.92 Å². The Bertz CT molecular complexity index is 624. The molecular formula is C16H20O6. The van der Waals surface area contributed by atoms with Gasteiger partial charge in [-0.25, -0.2) is 0 Å². The van der Waals surface area contributed by atoms with Crippen LogP contribution in [0, 0.1) is 12.3 Å². The predicted octanol–water partition coefficient (Wildman–Crippen LogP) is -0.242. The second kappa shape index (κ2) is 4.37. The lowest BCUT2D eigenvalue weighted by Crippen LogP contribution is -2.48.